The number of carbonyl (C=O) groups is 1. The van der Waals surface area contributed by atoms with E-state index in [-0.39, 0.29) is 0 Å². The Labute approximate surface area is 51.2 Å². The zero-order valence-corrected chi connectivity index (χ0v) is 4.79. The van der Waals surface area contributed by atoms with E-state index >= 15 is 0 Å². The Balaban J connectivity index is 2.73. The lowest BCUT2D eigenvalue weighted by atomic mass is 10.2. The van der Waals surface area contributed by atoms with Gasteiger partial charge in [0.1, 0.15) is 0 Å². The van der Waals surface area contributed by atoms with Crippen LogP contribution in [0.1, 0.15) is 6.92 Å². The van der Waals surface area contributed by atoms with Crippen LogP contribution < -0.4 is 5.48 Å². The molecule has 1 saturated heterocycles. The molecule has 1 aliphatic rings. The molecular weight excluding hydrogens is 126 g/mol. The molecule has 1 amide bonds. The van der Waals surface area contributed by atoms with Gasteiger partial charge in [-0.15, -0.1) is 0 Å². The maximum Gasteiger partial charge on any atom is 0.278 e. The van der Waals surface area contributed by atoms with E-state index in [1.54, 1.807) is 0 Å². The summed E-state index contributed by atoms with van der Waals surface area (Å²) < 4.78 is 0. The zero-order chi connectivity index (χ0) is 7.07. The fraction of sp³-hybridized carbons (Fsp3) is 0.750. The van der Waals surface area contributed by atoms with Crippen LogP contribution in [0.2, 0.25) is 0 Å². The summed E-state index contributed by atoms with van der Waals surface area (Å²) in [7, 11) is 0. The molecule has 0 radical (unpaired) electrons. The highest BCUT2D eigenvalue weighted by Crippen LogP contribution is 2.15. The van der Waals surface area contributed by atoms with E-state index in [9.17, 15) is 4.79 Å². The summed E-state index contributed by atoms with van der Waals surface area (Å²) in [6.07, 6.45) is -1.49. The largest absolute Gasteiger partial charge is 0.378 e. The molecule has 0 aliphatic carbocycles. The predicted octanol–water partition coefficient (Wildman–Crippen LogP) is -1.88. The summed E-state index contributed by atoms with van der Waals surface area (Å²) in [6.45, 7) is 1.19. The summed E-state index contributed by atoms with van der Waals surface area (Å²) in [6, 6.07) is 0. The van der Waals surface area contributed by atoms with Crippen LogP contribution in [0.3, 0.4) is 0 Å². The van der Waals surface area contributed by atoms with Crippen LogP contribution in [-0.4, -0.2) is 28.0 Å². The molecule has 0 bridgehead atoms. The highest BCUT2D eigenvalue weighted by Gasteiger charge is 2.44. The van der Waals surface area contributed by atoms with Crippen molar-refractivity contribution in [3.05, 3.63) is 0 Å². The number of aliphatic hydroxyl groups is 2. The molecule has 5 heteroatoms. The van der Waals surface area contributed by atoms with Crippen molar-refractivity contribution in [2.75, 3.05) is 0 Å². The number of amides is 1. The van der Waals surface area contributed by atoms with Crippen LogP contribution in [0.5, 0.6) is 0 Å². The topological polar surface area (TPSA) is 78.8 Å². The van der Waals surface area contributed by atoms with E-state index in [4.69, 9.17) is 10.2 Å². The normalized spacial score (nSPS) is 43.0. The first-order valence-electron chi connectivity index (χ1n) is 2.42. The quantitative estimate of drug-likeness (QED) is 0.361. The molecule has 9 heavy (non-hydrogen) atoms. The van der Waals surface area contributed by atoms with E-state index in [0.717, 1.165) is 0 Å². The van der Waals surface area contributed by atoms with Gasteiger partial charge in [0.25, 0.3) is 5.91 Å². The standard InChI is InChI=1S/C4H7NO4/c1-4(8)2(6)3(7)5-9-4/h2,6,8H,1H3,(H,5,7). The molecule has 3 N–H and O–H groups in total. The minimum Gasteiger partial charge on any atom is -0.378 e. The molecule has 1 rings (SSSR count). The van der Waals surface area contributed by atoms with Gasteiger partial charge in [-0.25, -0.2) is 10.3 Å². The summed E-state index contributed by atoms with van der Waals surface area (Å²) >= 11 is 0. The van der Waals surface area contributed by atoms with Gasteiger partial charge < -0.3 is 10.2 Å². The third-order valence-electron chi connectivity index (χ3n) is 1.11. The number of hydroxylamine groups is 1. The van der Waals surface area contributed by atoms with Crippen LogP contribution in [0.4, 0.5) is 0 Å². The molecule has 1 fully saturated rings. The van der Waals surface area contributed by atoms with E-state index in [1.807, 2.05) is 5.48 Å². The van der Waals surface area contributed by atoms with Gasteiger partial charge in [-0.2, -0.15) is 0 Å². The Morgan fingerprint density at radius 1 is 1.89 bits per heavy atom. The third kappa shape index (κ3) is 0.893. The number of aliphatic hydroxyl groups excluding tert-OH is 1. The second-order valence-corrected chi connectivity index (χ2v) is 2.03. The number of carbonyl (C=O) groups excluding carboxylic acids is 1. The second-order valence-electron chi connectivity index (χ2n) is 2.03. The molecule has 2 atom stereocenters. The van der Waals surface area contributed by atoms with Gasteiger partial charge in [-0.3, -0.25) is 4.79 Å². The minimum absolute atomic E-state index is 0.722. The van der Waals surface area contributed by atoms with Crippen LogP contribution in [0, 0.1) is 0 Å². The van der Waals surface area contributed by atoms with Crippen LogP contribution in [0.15, 0.2) is 0 Å². The maximum atomic E-state index is 10.3. The Hall–Kier alpha value is -0.650. The Bertz CT molecular complexity index is 144. The van der Waals surface area contributed by atoms with E-state index < -0.39 is 17.8 Å². The maximum absolute atomic E-state index is 10.3. The van der Waals surface area contributed by atoms with Crippen molar-refractivity contribution in [3.8, 4) is 0 Å². The van der Waals surface area contributed by atoms with Gasteiger partial charge in [0.15, 0.2) is 6.10 Å². The molecular formula is C4H7NO4. The number of hydrogen-bond donors (Lipinski definition) is 3. The zero-order valence-electron chi connectivity index (χ0n) is 4.79. The van der Waals surface area contributed by atoms with Gasteiger partial charge in [0, 0.05) is 0 Å². The van der Waals surface area contributed by atoms with Crippen LogP contribution >= 0.6 is 0 Å². The van der Waals surface area contributed by atoms with Crippen molar-refractivity contribution < 1.29 is 19.8 Å². The molecule has 0 aromatic carbocycles. The first-order valence-corrected chi connectivity index (χ1v) is 2.42. The lowest BCUT2D eigenvalue weighted by Gasteiger charge is -2.14. The molecule has 1 heterocycles. The summed E-state index contributed by atoms with van der Waals surface area (Å²) in [5, 5.41) is 17.6. The number of rotatable bonds is 0. The Morgan fingerprint density at radius 2 is 2.44 bits per heavy atom. The molecule has 5 nitrogen and oxygen atoms in total. The van der Waals surface area contributed by atoms with Gasteiger partial charge >= 0.3 is 0 Å². The lowest BCUT2D eigenvalue weighted by Crippen LogP contribution is -2.38. The van der Waals surface area contributed by atoms with Gasteiger partial charge in [0.2, 0.25) is 5.79 Å². The monoisotopic (exact) mass is 133 g/mol. The molecule has 0 spiro atoms. The fourth-order valence-electron chi connectivity index (χ4n) is 0.508. The molecule has 1 aliphatic heterocycles. The van der Waals surface area contributed by atoms with Crippen molar-refractivity contribution >= 4 is 5.91 Å². The van der Waals surface area contributed by atoms with E-state index in [0.29, 0.717) is 0 Å². The SMILES string of the molecule is CC1(O)ONC(=O)C1O. The molecule has 0 aromatic heterocycles. The van der Waals surface area contributed by atoms with Crippen LogP contribution in [0.25, 0.3) is 0 Å². The number of nitrogens with one attached hydrogen (secondary N) is 1. The smallest absolute Gasteiger partial charge is 0.278 e. The van der Waals surface area contributed by atoms with Gasteiger partial charge in [-0.1, -0.05) is 0 Å². The summed E-state index contributed by atoms with van der Waals surface area (Å²) in [5.41, 5.74) is 1.82. The Kier molecular flexibility index (Phi) is 1.20. The molecule has 52 valence electrons. The van der Waals surface area contributed by atoms with Crippen molar-refractivity contribution in [3.63, 3.8) is 0 Å². The van der Waals surface area contributed by atoms with Gasteiger partial charge in [-0.05, 0) is 6.92 Å². The highest BCUT2D eigenvalue weighted by molar-refractivity contribution is 5.82. The van der Waals surface area contributed by atoms with Crippen molar-refractivity contribution in [2.24, 2.45) is 0 Å². The summed E-state index contributed by atoms with van der Waals surface area (Å²) in [4.78, 5) is 14.6. The first kappa shape index (κ1) is 6.47. The van der Waals surface area contributed by atoms with Crippen molar-refractivity contribution in [2.45, 2.75) is 18.8 Å². The minimum atomic E-state index is -1.78. The second kappa shape index (κ2) is 1.66. The van der Waals surface area contributed by atoms with Gasteiger partial charge in [0.05, 0.1) is 0 Å². The van der Waals surface area contributed by atoms with E-state index in [2.05, 4.69) is 4.84 Å². The van der Waals surface area contributed by atoms with Crippen LogP contribution in [-0.2, 0) is 9.63 Å². The highest BCUT2D eigenvalue weighted by atomic mass is 16.8. The third-order valence-corrected chi connectivity index (χ3v) is 1.11. The molecule has 0 aromatic rings. The predicted molar refractivity (Wildman–Crippen MR) is 25.9 cm³/mol. The molecule has 0 saturated carbocycles. The summed E-state index contributed by atoms with van der Waals surface area (Å²) in [5.74, 6) is -2.50. The van der Waals surface area contributed by atoms with E-state index in [1.165, 1.54) is 6.92 Å². The van der Waals surface area contributed by atoms with Crippen molar-refractivity contribution in [1.29, 1.82) is 0 Å². The number of hydrogen-bond acceptors (Lipinski definition) is 4. The first-order chi connectivity index (χ1) is 4.04. The fourth-order valence-corrected chi connectivity index (χ4v) is 0.508. The average molecular weight is 133 g/mol. The molecule has 2 unspecified atom stereocenters. The average Bonchev–Trinajstić information content (AvgIpc) is 1.97. The Morgan fingerprint density at radius 3 is 2.56 bits per heavy atom. The van der Waals surface area contributed by atoms with Crippen molar-refractivity contribution in [1.82, 2.24) is 5.48 Å². The lowest BCUT2D eigenvalue weighted by molar-refractivity contribution is -0.220.